The Morgan fingerprint density at radius 1 is 1.27 bits per heavy atom. The van der Waals surface area contributed by atoms with Crippen molar-refractivity contribution in [3.8, 4) is 22.8 Å². The number of halogens is 3. The van der Waals surface area contributed by atoms with Gasteiger partial charge in [-0.15, -0.1) is 0 Å². The molecule has 6 nitrogen and oxygen atoms in total. The molecule has 0 aliphatic carbocycles. The van der Waals surface area contributed by atoms with Gasteiger partial charge < -0.3 is 19.1 Å². The number of nitrogens with zero attached hydrogens (tertiary/aromatic N) is 1. The second-order valence-corrected chi connectivity index (χ2v) is 7.70. The summed E-state index contributed by atoms with van der Waals surface area (Å²) in [6.07, 6.45) is -2.00. The Morgan fingerprint density at radius 2 is 1.97 bits per heavy atom. The van der Waals surface area contributed by atoms with Crippen molar-refractivity contribution < 1.29 is 32.5 Å². The van der Waals surface area contributed by atoms with E-state index in [2.05, 4.69) is 0 Å². The highest BCUT2D eigenvalue weighted by Gasteiger charge is 2.31. The maximum atomic E-state index is 12.6. The highest BCUT2D eigenvalue weighted by Crippen LogP contribution is 2.42. The smallest absolute Gasteiger partial charge is 0.422 e. The zero-order valence-electron chi connectivity index (χ0n) is 16.7. The van der Waals surface area contributed by atoms with E-state index >= 15 is 0 Å². The lowest BCUT2D eigenvalue weighted by molar-refractivity contribution is -0.153. The quantitative estimate of drug-likeness (QED) is 0.747. The molecule has 0 saturated carbocycles. The summed E-state index contributed by atoms with van der Waals surface area (Å²) in [5, 5.41) is 9.33. The number of carbonyl (C=O) groups is 1. The number of carboxylic acid groups (broad SMARTS) is 1. The van der Waals surface area contributed by atoms with Crippen LogP contribution in [-0.2, 0) is 6.42 Å². The molecule has 2 aromatic rings. The molecule has 0 saturated heterocycles. The predicted molar refractivity (Wildman–Crippen MR) is 103 cm³/mol. The van der Waals surface area contributed by atoms with E-state index in [9.17, 15) is 27.9 Å². The molecule has 0 fully saturated rings. The van der Waals surface area contributed by atoms with Gasteiger partial charge in [-0.3, -0.25) is 4.79 Å². The van der Waals surface area contributed by atoms with E-state index in [1.54, 1.807) is 4.57 Å². The Bertz CT molecular complexity index is 1030. The lowest BCUT2D eigenvalue weighted by Crippen LogP contribution is -2.26. The van der Waals surface area contributed by atoms with Crippen LogP contribution in [0.15, 0.2) is 29.2 Å². The van der Waals surface area contributed by atoms with Crippen LogP contribution in [0, 0.1) is 5.92 Å². The average Bonchev–Trinajstić information content (AvgIpc) is 2.64. The highest BCUT2D eigenvalue weighted by atomic mass is 19.4. The summed E-state index contributed by atoms with van der Waals surface area (Å²) in [6, 6.07) is 4.13. The van der Waals surface area contributed by atoms with Crippen LogP contribution >= 0.6 is 0 Å². The molecule has 3 rings (SSSR count). The van der Waals surface area contributed by atoms with Gasteiger partial charge in [0.05, 0.1) is 12.8 Å². The summed E-state index contributed by atoms with van der Waals surface area (Å²) in [7, 11) is 1.31. The summed E-state index contributed by atoms with van der Waals surface area (Å²) in [4.78, 5) is 23.8. The van der Waals surface area contributed by atoms with Gasteiger partial charge in [0.2, 0.25) is 0 Å². The molecule has 0 spiro atoms. The fourth-order valence-electron chi connectivity index (χ4n) is 3.76. The SMILES string of the molecule is COc1cc2c(cc1OCC(F)(F)F)CC(CC(C)C)n1cc(C(=O)O)c(=O)cc1-2. The highest BCUT2D eigenvalue weighted by molar-refractivity contribution is 5.87. The molecule has 1 atom stereocenters. The summed E-state index contributed by atoms with van der Waals surface area (Å²) in [5.41, 5.74) is 0.841. The Balaban J connectivity index is 2.16. The number of aromatic carboxylic acids is 1. The first kappa shape index (κ1) is 21.7. The minimum atomic E-state index is -4.49. The second-order valence-electron chi connectivity index (χ2n) is 7.70. The van der Waals surface area contributed by atoms with Crippen molar-refractivity contribution in [2.75, 3.05) is 13.7 Å². The van der Waals surface area contributed by atoms with Crippen LogP contribution in [-0.4, -0.2) is 35.5 Å². The average molecular weight is 425 g/mol. The maximum absolute atomic E-state index is 12.6. The lowest BCUT2D eigenvalue weighted by atomic mass is 9.88. The Kier molecular flexibility index (Phi) is 5.83. The fraction of sp³-hybridized carbons (Fsp3) is 0.429. The monoisotopic (exact) mass is 425 g/mol. The molecule has 9 heteroatoms. The minimum Gasteiger partial charge on any atom is -0.493 e. The van der Waals surface area contributed by atoms with Gasteiger partial charge in [0.1, 0.15) is 5.56 Å². The lowest BCUT2D eigenvalue weighted by Gasteiger charge is -2.32. The first-order chi connectivity index (χ1) is 14.0. The number of ether oxygens (including phenoxy) is 2. The third-order valence-electron chi connectivity index (χ3n) is 4.96. The predicted octanol–water partition coefficient (Wildman–Crippen LogP) is 4.31. The van der Waals surface area contributed by atoms with Crippen LogP contribution < -0.4 is 14.9 Å². The Morgan fingerprint density at radius 3 is 2.53 bits per heavy atom. The van der Waals surface area contributed by atoms with E-state index in [1.165, 1.54) is 31.5 Å². The van der Waals surface area contributed by atoms with Crippen molar-refractivity contribution in [3.63, 3.8) is 0 Å². The van der Waals surface area contributed by atoms with Crippen molar-refractivity contribution in [1.29, 1.82) is 0 Å². The number of hydrogen-bond acceptors (Lipinski definition) is 4. The van der Waals surface area contributed by atoms with Crippen LogP contribution in [0.1, 0.15) is 42.2 Å². The molecule has 1 aromatic carbocycles. The van der Waals surface area contributed by atoms with Gasteiger partial charge in [0.25, 0.3) is 0 Å². The third-order valence-corrected chi connectivity index (χ3v) is 4.96. The normalized spacial score (nSPS) is 15.5. The van der Waals surface area contributed by atoms with Gasteiger partial charge in [-0.1, -0.05) is 13.8 Å². The van der Waals surface area contributed by atoms with Crippen LogP contribution in [0.2, 0.25) is 0 Å². The molecule has 1 unspecified atom stereocenters. The molecular formula is C21H22F3NO5. The molecule has 0 radical (unpaired) electrons. The molecule has 2 heterocycles. The number of pyridine rings is 1. The van der Waals surface area contributed by atoms with Gasteiger partial charge in [-0.05, 0) is 36.5 Å². The van der Waals surface area contributed by atoms with E-state index in [-0.39, 0.29) is 29.0 Å². The van der Waals surface area contributed by atoms with E-state index < -0.39 is 24.2 Å². The van der Waals surface area contributed by atoms with Gasteiger partial charge in [-0.25, -0.2) is 4.79 Å². The number of fused-ring (bicyclic) bond motifs is 3. The molecule has 1 N–H and O–H groups in total. The Hall–Kier alpha value is -2.97. The molecule has 162 valence electrons. The number of methoxy groups -OCH3 is 1. The minimum absolute atomic E-state index is 0.0326. The fourth-order valence-corrected chi connectivity index (χ4v) is 3.76. The summed E-state index contributed by atoms with van der Waals surface area (Å²) in [6.45, 7) is 2.58. The van der Waals surface area contributed by atoms with Gasteiger partial charge >= 0.3 is 12.1 Å². The van der Waals surface area contributed by atoms with Gasteiger partial charge in [0.15, 0.2) is 23.5 Å². The molecule has 1 aromatic heterocycles. The number of benzene rings is 1. The third kappa shape index (κ3) is 4.44. The van der Waals surface area contributed by atoms with Crippen molar-refractivity contribution in [2.45, 2.75) is 38.9 Å². The van der Waals surface area contributed by atoms with Crippen LogP contribution in [0.4, 0.5) is 13.2 Å². The summed E-state index contributed by atoms with van der Waals surface area (Å²) < 4.78 is 49.8. The summed E-state index contributed by atoms with van der Waals surface area (Å²) in [5.74, 6) is -0.967. The van der Waals surface area contributed by atoms with Gasteiger partial charge in [0, 0.05) is 23.9 Å². The summed E-state index contributed by atoms with van der Waals surface area (Å²) >= 11 is 0. The second kappa shape index (κ2) is 8.04. The largest absolute Gasteiger partial charge is 0.493 e. The number of rotatable bonds is 6. The molecule has 1 aliphatic heterocycles. The van der Waals surface area contributed by atoms with Crippen LogP contribution in [0.5, 0.6) is 11.5 Å². The number of carboxylic acids is 1. The Labute approximate surface area is 170 Å². The maximum Gasteiger partial charge on any atom is 0.422 e. The molecular weight excluding hydrogens is 403 g/mol. The van der Waals surface area contributed by atoms with E-state index in [0.717, 1.165) is 0 Å². The van der Waals surface area contributed by atoms with E-state index in [4.69, 9.17) is 9.47 Å². The molecule has 1 aliphatic rings. The van der Waals surface area contributed by atoms with E-state index in [1.807, 2.05) is 13.8 Å². The van der Waals surface area contributed by atoms with Crippen molar-refractivity contribution in [2.24, 2.45) is 5.92 Å². The molecule has 0 amide bonds. The topological polar surface area (TPSA) is 77.8 Å². The molecule has 0 bridgehead atoms. The first-order valence-corrected chi connectivity index (χ1v) is 9.40. The number of alkyl halides is 3. The number of aromatic nitrogens is 1. The molecule has 30 heavy (non-hydrogen) atoms. The standard InChI is InChI=1S/C21H22F3NO5/c1-11(2)4-13-5-12-6-19(30-10-21(22,23)24)18(29-3)7-14(12)16-8-17(26)15(20(27)28)9-25(13)16/h6-9,11,13H,4-5,10H2,1-3H3,(H,27,28). The van der Waals surface area contributed by atoms with Crippen molar-refractivity contribution in [3.05, 3.63) is 45.7 Å². The van der Waals surface area contributed by atoms with Crippen molar-refractivity contribution >= 4 is 5.97 Å². The van der Waals surface area contributed by atoms with Crippen LogP contribution in [0.25, 0.3) is 11.3 Å². The zero-order chi connectivity index (χ0) is 22.2. The van der Waals surface area contributed by atoms with E-state index in [0.29, 0.717) is 29.7 Å². The van der Waals surface area contributed by atoms with Crippen LogP contribution in [0.3, 0.4) is 0 Å². The van der Waals surface area contributed by atoms with Crippen molar-refractivity contribution in [1.82, 2.24) is 4.57 Å². The van der Waals surface area contributed by atoms with Gasteiger partial charge in [-0.2, -0.15) is 13.2 Å². The first-order valence-electron chi connectivity index (χ1n) is 9.40. The zero-order valence-corrected chi connectivity index (χ0v) is 16.7. The number of hydrogen-bond donors (Lipinski definition) is 1.